The molecule has 1 aliphatic rings. The van der Waals surface area contributed by atoms with Crippen LogP contribution in [0.15, 0.2) is 42.5 Å². The van der Waals surface area contributed by atoms with Crippen molar-refractivity contribution in [1.82, 2.24) is 0 Å². The fourth-order valence-corrected chi connectivity index (χ4v) is 2.89. The molecule has 3 rings (SSSR count). The molecule has 6 heteroatoms. The van der Waals surface area contributed by atoms with Crippen LogP contribution in [0.3, 0.4) is 0 Å². The van der Waals surface area contributed by atoms with E-state index in [4.69, 9.17) is 15.2 Å². The van der Waals surface area contributed by atoms with Crippen LogP contribution in [0.4, 0.5) is 17.1 Å². The molecule has 2 aromatic rings. The van der Waals surface area contributed by atoms with Crippen molar-refractivity contribution in [3.8, 4) is 5.75 Å². The molecule has 0 unspecified atom stereocenters. The molecule has 1 amide bonds. The molecule has 0 aromatic heterocycles. The second kappa shape index (κ2) is 8.58. The van der Waals surface area contributed by atoms with E-state index >= 15 is 0 Å². The first-order chi connectivity index (χ1) is 12.7. The molecule has 1 saturated heterocycles. The lowest BCUT2D eigenvalue weighted by atomic mass is 10.2. The largest absolute Gasteiger partial charge is 0.484 e. The summed E-state index contributed by atoms with van der Waals surface area (Å²) in [7, 11) is 0. The second-order valence-corrected chi connectivity index (χ2v) is 6.21. The van der Waals surface area contributed by atoms with E-state index < -0.39 is 0 Å². The van der Waals surface area contributed by atoms with Gasteiger partial charge in [0.2, 0.25) is 0 Å². The summed E-state index contributed by atoms with van der Waals surface area (Å²) in [5.41, 5.74) is 9.38. The van der Waals surface area contributed by atoms with Crippen LogP contribution < -0.4 is 20.7 Å². The first-order valence-corrected chi connectivity index (χ1v) is 8.89. The third-order valence-electron chi connectivity index (χ3n) is 4.35. The van der Waals surface area contributed by atoms with Crippen molar-refractivity contribution < 1.29 is 14.3 Å². The molecule has 1 fully saturated rings. The minimum absolute atomic E-state index is 0.0528. The Kier molecular flexibility index (Phi) is 5.96. The third-order valence-corrected chi connectivity index (χ3v) is 4.35. The number of benzene rings is 2. The van der Waals surface area contributed by atoms with Gasteiger partial charge in [0.15, 0.2) is 6.61 Å². The zero-order chi connectivity index (χ0) is 18.4. The van der Waals surface area contributed by atoms with Gasteiger partial charge in [0, 0.05) is 18.8 Å². The van der Waals surface area contributed by atoms with Gasteiger partial charge in [0.1, 0.15) is 5.75 Å². The van der Waals surface area contributed by atoms with Crippen molar-refractivity contribution in [2.24, 2.45) is 0 Å². The predicted molar refractivity (Wildman–Crippen MR) is 104 cm³/mol. The summed E-state index contributed by atoms with van der Waals surface area (Å²) in [6.45, 7) is 4.97. The molecule has 138 valence electrons. The van der Waals surface area contributed by atoms with Gasteiger partial charge < -0.3 is 25.4 Å². The Balaban J connectivity index is 1.63. The van der Waals surface area contributed by atoms with E-state index in [1.54, 1.807) is 6.07 Å². The number of carbonyl (C=O) groups excluding carboxylic acids is 1. The number of hydrogen-bond acceptors (Lipinski definition) is 5. The molecule has 0 aliphatic carbocycles. The number of morpholine rings is 1. The summed E-state index contributed by atoms with van der Waals surface area (Å²) >= 11 is 0. The Hall–Kier alpha value is -2.73. The van der Waals surface area contributed by atoms with Gasteiger partial charge in [-0.3, -0.25) is 4.79 Å². The summed E-state index contributed by atoms with van der Waals surface area (Å²) in [6, 6.07) is 13.3. The molecule has 3 N–H and O–H groups in total. The number of rotatable bonds is 6. The highest BCUT2D eigenvalue weighted by atomic mass is 16.5. The van der Waals surface area contributed by atoms with E-state index in [1.165, 1.54) is 5.56 Å². The van der Waals surface area contributed by atoms with Crippen LogP contribution in [-0.2, 0) is 16.0 Å². The van der Waals surface area contributed by atoms with Crippen LogP contribution in [0.1, 0.15) is 12.5 Å². The van der Waals surface area contributed by atoms with Crippen LogP contribution in [0, 0.1) is 0 Å². The van der Waals surface area contributed by atoms with E-state index in [0.717, 1.165) is 25.2 Å². The Bertz CT molecular complexity index is 740. The fourth-order valence-electron chi connectivity index (χ4n) is 2.89. The van der Waals surface area contributed by atoms with E-state index in [0.29, 0.717) is 30.3 Å². The number of nitrogens with two attached hydrogens (primary N) is 1. The minimum atomic E-state index is -0.218. The van der Waals surface area contributed by atoms with Crippen LogP contribution in [0.25, 0.3) is 0 Å². The van der Waals surface area contributed by atoms with Crippen LogP contribution >= 0.6 is 0 Å². The molecule has 26 heavy (non-hydrogen) atoms. The van der Waals surface area contributed by atoms with Gasteiger partial charge in [0.25, 0.3) is 5.91 Å². The summed E-state index contributed by atoms with van der Waals surface area (Å²) in [5.74, 6) is 0.461. The quantitative estimate of drug-likeness (QED) is 0.779. The summed E-state index contributed by atoms with van der Waals surface area (Å²) in [4.78, 5) is 14.5. The molecule has 0 spiro atoms. The summed E-state index contributed by atoms with van der Waals surface area (Å²) in [6.07, 6.45) is 0.973. The van der Waals surface area contributed by atoms with Gasteiger partial charge in [0.05, 0.1) is 24.6 Å². The zero-order valence-corrected chi connectivity index (χ0v) is 15.0. The third kappa shape index (κ3) is 4.67. The van der Waals surface area contributed by atoms with E-state index in [1.807, 2.05) is 36.4 Å². The maximum Gasteiger partial charge on any atom is 0.262 e. The molecule has 1 aliphatic heterocycles. The highest BCUT2D eigenvalue weighted by Gasteiger charge is 2.16. The van der Waals surface area contributed by atoms with Crippen molar-refractivity contribution in [2.45, 2.75) is 13.3 Å². The van der Waals surface area contributed by atoms with Crippen LogP contribution in [0.2, 0.25) is 0 Å². The lowest BCUT2D eigenvalue weighted by molar-refractivity contribution is -0.118. The van der Waals surface area contributed by atoms with E-state index in [-0.39, 0.29) is 12.5 Å². The maximum atomic E-state index is 12.3. The first kappa shape index (κ1) is 18.1. The highest BCUT2D eigenvalue weighted by molar-refractivity contribution is 5.96. The number of hydrogen-bond donors (Lipinski definition) is 2. The van der Waals surface area contributed by atoms with E-state index in [2.05, 4.69) is 17.1 Å². The van der Waals surface area contributed by atoms with Gasteiger partial charge in [-0.1, -0.05) is 19.1 Å². The van der Waals surface area contributed by atoms with Crippen molar-refractivity contribution in [3.63, 3.8) is 0 Å². The number of ether oxygens (including phenoxy) is 2. The average molecular weight is 355 g/mol. The number of nitrogens with one attached hydrogen (secondary N) is 1. The summed E-state index contributed by atoms with van der Waals surface area (Å²) in [5, 5.41) is 2.92. The molecule has 0 bridgehead atoms. The van der Waals surface area contributed by atoms with Crippen LogP contribution in [0.5, 0.6) is 5.75 Å². The second-order valence-electron chi connectivity index (χ2n) is 6.21. The SMILES string of the molecule is CCc1ccc(OCC(=O)Nc2cc(N)ccc2N2CCOCC2)cc1. The normalized spacial score (nSPS) is 14.1. The Morgan fingerprint density at radius 1 is 1.19 bits per heavy atom. The minimum Gasteiger partial charge on any atom is -0.484 e. The number of anilines is 3. The summed E-state index contributed by atoms with van der Waals surface area (Å²) < 4.78 is 11.0. The standard InChI is InChI=1S/C20H25N3O3/c1-2-15-3-6-17(7-4-15)26-14-20(24)22-18-13-16(21)5-8-19(18)23-9-11-25-12-10-23/h3-8,13H,2,9-12,14,21H2,1H3,(H,22,24). The topological polar surface area (TPSA) is 76.8 Å². The predicted octanol–water partition coefficient (Wildman–Crippen LogP) is 2.69. The van der Waals surface area contributed by atoms with E-state index in [9.17, 15) is 4.79 Å². The van der Waals surface area contributed by atoms with Crippen LogP contribution in [-0.4, -0.2) is 38.8 Å². The lowest BCUT2D eigenvalue weighted by Gasteiger charge is -2.30. The van der Waals surface area contributed by atoms with Gasteiger partial charge in [-0.25, -0.2) is 0 Å². The average Bonchev–Trinajstić information content (AvgIpc) is 2.67. The van der Waals surface area contributed by atoms with Gasteiger partial charge in [-0.05, 0) is 42.3 Å². The van der Waals surface area contributed by atoms with Crippen molar-refractivity contribution in [3.05, 3.63) is 48.0 Å². The molecular formula is C20H25N3O3. The van der Waals surface area contributed by atoms with Gasteiger partial charge in [-0.15, -0.1) is 0 Å². The maximum absolute atomic E-state index is 12.3. The highest BCUT2D eigenvalue weighted by Crippen LogP contribution is 2.29. The fraction of sp³-hybridized carbons (Fsp3) is 0.350. The number of amides is 1. The Morgan fingerprint density at radius 3 is 2.62 bits per heavy atom. The molecule has 0 radical (unpaired) electrons. The van der Waals surface area contributed by atoms with Gasteiger partial charge in [-0.2, -0.15) is 0 Å². The lowest BCUT2D eigenvalue weighted by Crippen LogP contribution is -2.37. The Labute approximate surface area is 153 Å². The molecule has 2 aromatic carbocycles. The molecule has 6 nitrogen and oxygen atoms in total. The zero-order valence-electron chi connectivity index (χ0n) is 15.0. The number of nitrogen functional groups attached to an aromatic ring is 1. The van der Waals surface area contributed by atoms with Crippen molar-refractivity contribution >= 4 is 23.0 Å². The molecular weight excluding hydrogens is 330 g/mol. The Morgan fingerprint density at radius 2 is 1.92 bits per heavy atom. The monoisotopic (exact) mass is 355 g/mol. The first-order valence-electron chi connectivity index (χ1n) is 8.89. The molecule has 0 atom stereocenters. The smallest absolute Gasteiger partial charge is 0.262 e. The van der Waals surface area contributed by atoms with Crippen molar-refractivity contribution in [2.75, 3.05) is 48.9 Å². The molecule has 1 heterocycles. The number of nitrogens with zero attached hydrogens (tertiary/aromatic N) is 1. The number of aryl methyl sites for hydroxylation is 1. The number of carbonyl (C=O) groups is 1. The molecule has 0 saturated carbocycles. The van der Waals surface area contributed by atoms with Crippen molar-refractivity contribution in [1.29, 1.82) is 0 Å². The van der Waals surface area contributed by atoms with Gasteiger partial charge >= 0.3 is 0 Å².